The number of amides is 2. The van der Waals surface area contributed by atoms with Gasteiger partial charge in [-0.3, -0.25) is 9.59 Å². The summed E-state index contributed by atoms with van der Waals surface area (Å²) in [7, 11) is 1.60. The summed E-state index contributed by atoms with van der Waals surface area (Å²) < 4.78 is 0. The van der Waals surface area contributed by atoms with E-state index in [2.05, 4.69) is 5.32 Å². The molecule has 0 heterocycles. The summed E-state index contributed by atoms with van der Waals surface area (Å²) in [5.74, 6) is -1.11. The second-order valence-electron chi connectivity index (χ2n) is 4.09. The van der Waals surface area contributed by atoms with Crippen molar-refractivity contribution in [3.63, 3.8) is 0 Å². The summed E-state index contributed by atoms with van der Waals surface area (Å²) in [6, 6.07) is 5.73. The molecular weight excluding hydrogens is 216 g/mol. The smallest absolute Gasteiger partial charge is 0.313 e. The molecule has 0 aliphatic heterocycles. The van der Waals surface area contributed by atoms with E-state index in [0.717, 1.165) is 11.1 Å². The van der Waals surface area contributed by atoms with Crippen LogP contribution in [0, 0.1) is 13.8 Å². The Morgan fingerprint density at radius 3 is 2.53 bits per heavy atom. The van der Waals surface area contributed by atoms with Gasteiger partial charge in [0.2, 0.25) is 0 Å². The standard InChI is InChI=1S/C13H18N2O2/c1-5-15(4)13(17)12(16)14-11-8-9(2)6-7-10(11)3/h6-8H,5H2,1-4H3,(H,14,16). The summed E-state index contributed by atoms with van der Waals surface area (Å²) in [6.45, 7) is 6.17. The third-order valence-corrected chi connectivity index (χ3v) is 2.66. The van der Waals surface area contributed by atoms with Gasteiger partial charge in [-0.05, 0) is 38.0 Å². The molecule has 1 rings (SSSR count). The molecule has 17 heavy (non-hydrogen) atoms. The number of nitrogens with zero attached hydrogens (tertiary/aromatic N) is 1. The number of anilines is 1. The van der Waals surface area contributed by atoms with Gasteiger partial charge in [0.1, 0.15) is 0 Å². The highest BCUT2D eigenvalue weighted by molar-refractivity contribution is 6.39. The van der Waals surface area contributed by atoms with E-state index in [4.69, 9.17) is 0 Å². The molecule has 1 aromatic carbocycles. The molecule has 2 amide bonds. The zero-order valence-corrected chi connectivity index (χ0v) is 10.7. The zero-order chi connectivity index (χ0) is 13.0. The third kappa shape index (κ3) is 3.31. The van der Waals surface area contributed by atoms with Crippen molar-refractivity contribution in [3.8, 4) is 0 Å². The molecule has 1 aromatic rings. The minimum absolute atomic E-state index is 0.513. The first-order valence-electron chi connectivity index (χ1n) is 5.59. The number of carbonyl (C=O) groups is 2. The molecular formula is C13H18N2O2. The van der Waals surface area contributed by atoms with Crippen LogP contribution in [0.4, 0.5) is 5.69 Å². The quantitative estimate of drug-likeness (QED) is 0.792. The Morgan fingerprint density at radius 1 is 1.29 bits per heavy atom. The number of hydrogen-bond acceptors (Lipinski definition) is 2. The molecule has 0 fully saturated rings. The van der Waals surface area contributed by atoms with Gasteiger partial charge in [0.05, 0.1) is 0 Å². The highest BCUT2D eigenvalue weighted by atomic mass is 16.2. The molecule has 0 aliphatic rings. The Balaban J connectivity index is 2.81. The van der Waals surface area contributed by atoms with Gasteiger partial charge in [0.15, 0.2) is 0 Å². The molecule has 0 aliphatic carbocycles. The third-order valence-electron chi connectivity index (χ3n) is 2.66. The fourth-order valence-electron chi connectivity index (χ4n) is 1.36. The number of aryl methyl sites for hydroxylation is 2. The SMILES string of the molecule is CCN(C)C(=O)C(=O)Nc1cc(C)ccc1C. The minimum Gasteiger partial charge on any atom is -0.338 e. The van der Waals surface area contributed by atoms with E-state index >= 15 is 0 Å². The molecule has 4 nitrogen and oxygen atoms in total. The summed E-state index contributed by atoms with van der Waals surface area (Å²) in [5, 5.41) is 2.64. The predicted molar refractivity (Wildman–Crippen MR) is 67.9 cm³/mol. The fourth-order valence-corrected chi connectivity index (χ4v) is 1.36. The number of rotatable bonds is 2. The minimum atomic E-state index is -0.594. The summed E-state index contributed by atoms with van der Waals surface area (Å²) in [4.78, 5) is 24.6. The lowest BCUT2D eigenvalue weighted by Crippen LogP contribution is -2.36. The van der Waals surface area contributed by atoms with E-state index in [0.29, 0.717) is 12.2 Å². The van der Waals surface area contributed by atoms with Crippen molar-refractivity contribution in [2.24, 2.45) is 0 Å². The fraction of sp³-hybridized carbons (Fsp3) is 0.385. The first-order chi connectivity index (χ1) is 7.95. The topological polar surface area (TPSA) is 49.4 Å². The van der Waals surface area contributed by atoms with E-state index in [9.17, 15) is 9.59 Å². The van der Waals surface area contributed by atoms with Crippen molar-refractivity contribution >= 4 is 17.5 Å². The summed E-state index contributed by atoms with van der Waals surface area (Å²) >= 11 is 0. The molecule has 0 aromatic heterocycles. The monoisotopic (exact) mass is 234 g/mol. The van der Waals surface area contributed by atoms with Crippen molar-refractivity contribution in [1.82, 2.24) is 4.90 Å². The van der Waals surface area contributed by atoms with E-state index in [-0.39, 0.29) is 0 Å². The van der Waals surface area contributed by atoms with Crippen LogP contribution in [-0.2, 0) is 9.59 Å². The lowest BCUT2D eigenvalue weighted by Gasteiger charge is -2.14. The van der Waals surface area contributed by atoms with E-state index in [1.165, 1.54) is 4.90 Å². The maximum Gasteiger partial charge on any atom is 0.313 e. The molecule has 0 saturated heterocycles. The first-order valence-corrected chi connectivity index (χ1v) is 5.59. The van der Waals surface area contributed by atoms with Gasteiger partial charge >= 0.3 is 11.8 Å². The molecule has 1 N–H and O–H groups in total. The van der Waals surface area contributed by atoms with Crippen LogP contribution in [0.3, 0.4) is 0 Å². The number of hydrogen-bond donors (Lipinski definition) is 1. The van der Waals surface area contributed by atoms with Gasteiger partial charge in [-0.15, -0.1) is 0 Å². The van der Waals surface area contributed by atoms with Crippen molar-refractivity contribution in [2.45, 2.75) is 20.8 Å². The van der Waals surface area contributed by atoms with Crippen molar-refractivity contribution in [1.29, 1.82) is 0 Å². The molecule has 0 unspecified atom stereocenters. The number of benzene rings is 1. The zero-order valence-electron chi connectivity index (χ0n) is 10.7. The average Bonchev–Trinajstić information content (AvgIpc) is 2.31. The second kappa shape index (κ2) is 5.48. The highest BCUT2D eigenvalue weighted by Crippen LogP contribution is 2.16. The molecule has 4 heteroatoms. The van der Waals surface area contributed by atoms with Gasteiger partial charge in [-0.25, -0.2) is 0 Å². The predicted octanol–water partition coefficient (Wildman–Crippen LogP) is 1.72. The van der Waals surface area contributed by atoms with Gasteiger partial charge in [0, 0.05) is 19.3 Å². The largest absolute Gasteiger partial charge is 0.338 e. The van der Waals surface area contributed by atoms with Crippen LogP contribution < -0.4 is 5.32 Å². The molecule has 0 spiro atoms. The van der Waals surface area contributed by atoms with Gasteiger partial charge in [-0.1, -0.05) is 12.1 Å². The highest BCUT2D eigenvalue weighted by Gasteiger charge is 2.17. The molecule has 0 radical (unpaired) electrons. The number of carbonyl (C=O) groups excluding carboxylic acids is 2. The lowest BCUT2D eigenvalue weighted by molar-refractivity contribution is -0.142. The molecule has 92 valence electrons. The summed E-state index contributed by atoms with van der Waals surface area (Å²) in [6.07, 6.45) is 0. The Hall–Kier alpha value is -1.84. The van der Waals surface area contributed by atoms with Crippen LogP contribution in [0.15, 0.2) is 18.2 Å². The van der Waals surface area contributed by atoms with Crippen molar-refractivity contribution in [3.05, 3.63) is 29.3 Å². The van der Waals surface area contributed by atoms with Crippen molar-refractivity contribution in [2.75, 3.05) is 18.9 Å². The van der Waals surface area contributed by atoms with Gasteiger partial charge in [-0.2, -0.15) is 0 Å². The molecule has 0 bridgehead atoms. The van der Waals surface area contributed by atoms with Crippen LogP contribution in [0.5, 0.6) is 0 Å². The lowest BCUT2D eigenvalue weighted by atomic mass is 10.1. The Labute approximate surface area is 102 Å². The van der Waals surface area contributed by atoms with Gasteiger partial charge in [0.25, 0.3) is 0 Å². The average molecular weight is 234 g/mol. The molecule has 0 saturated carbocycles. The van der Waals surface area contributed by atoms with E-state index in [1.54, 1.807) is 7.05 Å². The second-order valence-corrected chi connectivity index (χ2v) is 4.09. The van der Waals surface area contributed by atoms with Crippen LogP contribution in [-0.4, -0.2) is 30.3 Å². The van der Waals surface area contributed by atoms with Crippen LogP contribution in [0.1, 0.15) is 18.1 Å². The van der Waals surface area contributed by atoms with Crippen LogP contribution in [0.25, 0.3) is 0 Å². The van der Waals surface area contributed by atoms with E-state index < -0.39 is 11.8 Å². The Kier molecular flexibility index (Phi) is 4.26. The normalized spacial score (nSPS) is 9.88. The Morgan fingerprint density at radius 2 is 1.94 bits per heavy atom. The molecule has 0 atom stereocenters. The maximum absolute atomic E-state index is 11.7. The van der Waals surface area contributed by atoms with Crippen LogP contribution in [0.2, 0.25) is 0 Å². The number of nitrogens with one attached hydrogen (secondary N) is 1. The van der Waals surface area contributed by atoms with Gasteiger partial charge < -0.3 is 10.2 Å². The van der Waals surface area contributed by atoms with Crippen molar-refractivity contribution < 1.29 is 9.59 Å². The number of likely N-dealkylation sites (N-methyl/N-ethyl adjacent to an activating group) is 1. The first kappa shape index (κ1) is 13.2. The summed E-state index contributed by atoms with van der Waals surface area (Å²) in [5.41, 5.74) is 2.67. The maximum atomic E-state index is 11.7. The van der Waals surface area contributed by atoms with Crippen LogP contribution >= 0.6 is 0 Å². The Bertz CT molecular complexity index is 441. The van der Waals surface area contributed by atoms with E-state index in [1.807, 2.05) is 39.0 Å².